The number of rotatable bonds is 3. The summed E-state index contributed by atoms with van der Waals surface area (Å²) in [5.74, 6) is 0. The molecule has 21 heavy (non-hydrogen) atoms. The largest absolute Gasteiger partial charge is 0.360 e. The molecular weight excluding hydrogens is 276 g/mol. The van der Waals surface area contributed by atoms with Crippen LogP contribution >= 0.6 is 0 Å². The Balaban J connectivity index is 1.82. The van der Waals surface area contributed by atoms with Gasteiger partial charge in [-0.1, -0.05) is 37.8 Å². The van der Waals surface area contributed by atoms with Crippen molar-refractivity contribution in [2.75, 3.05) is 13.2 Å². The van der Waals surface area contributed by atoms with Crippen LogP contribution in [0, 0.1) is 0 Å². The standard InChI is InChI=1S/C17H24N2OSi/c1-18-14-8-6-5-7-12(14)13(17(18)21(2,3)4)11-15-16-19(15)9-10-20-16/h5-8,15-16H,9-11H2,1-4H3. The minimum atomic E-state index is -1.38. The Bertz CT molecular complexity index is 691. The Morgan fingerprint density at radius 2 is 2.00 bits per heavy atom. The monoisotopic (exact) mass is 300 g/mol. The molecule has 2 aliphatic rings. The van der Waals surface area contributed by atoms with Gasteiger partial charge in [0.1, 0.15) is 6.23 Å². The van der Waals surface area contributed by atoms with Crippen molar-refractivity contribution in [1.82, 2.24) is 9.47 Å². The number of aryl methyl sites for hydroxylation is 1. The number of morpholine rings is 1. The van der Waals surface area contributed by atoms with Gasteiger partial charge in [0.2, 0.25) is 0 Å². The molecule has 3 heterocycles. The molecule has 1 aromatic heterocycles. The zero-order chi connectivity index (χ0) is 14.8. The third-order valence-electron chi connectivity index (χ3n) is 4.97. The molecule has 3 atom stereocenters. The topological polar surface area (TPSA) is 17.2 Å². The Hall–Kier alpha value is -1.10. The molecule has 0 N–H and O–H groups in total. The SMILES string of the molecule is Cn1c([Si](C)(C)C)c(CC2C3OCCN23)c2ccccc21. The fourth-order valence-electron chi connectivity index (χ4n) is 4.14. The summed E-state index contributed by atoms with van der Waals surface area (Å²) >= 11 is 0. The van der Waals surface area contributed by atoms with Gasteiger partial charge in [-0.2, -0.15) is 0 Å². The van der Waals surface area contributed by atoms with Crippen LogP contribution in [-0.2, 0) is 18.2 Å². The van der Waals surface area contributed by atoms with Crippen molar-refractivity contribution in [3.05, 3.63) is 29.8 Å². The van der Waals surface area contributed by atoms with Crippen LogP contribution in [0.1, 0.15) is 5.56 Å². The minimum absolute atomic E-state index is 0.401. The zero-order valence-corrected chi connectivity index (χ0v) is 14.4. The van der Waals surface area contributed by atoms with E-state index in [0.29, 0.717) is 12.3 Å². The number of ether oxygens (including phenoxy) is 1. The second kappa shape index (κ2) is 4.45. The molecule has 3 unspecified atom stereocenters. The maximum absolute atomic E-state index is 5.79. The van der Waals surface area contributed by atoms with Gasteiger partial charge in [-0.25, -0.2) is 0 Å². The number of para-hydroxylation sites is 1. The number of fused-ring (bicyclic) bond motifs is 2. The maximum atomic E-state index is 5.79. The van der Waals surface area contributed by atoms with Gasteiger partial charge in [0.15, 0.2) is 0 Å². The number of aromatic nitrogens is 1. The molecule has 112 valence electrons. The average molecular weight is 300 g/mol. The minimum Gasteiger partial charge on any atom is -0.360 e. The van der Waals surface area contributed by atoms with Crippen LogP contribution < -0.4 is 5.32 Å². The average Bonchev–Trinajstić information content (AvgIpc) is 2.80. The molecule has 0 aliphatic carbocycles. The van der Waals surface area contributed by atoms with Gasteiger partial charge in [0.25, 0.3) is 0 Å². The van der Waals surface area contributed by atoms with Crippen LogP contribution in [0.2, 0.25) is 19.6 Å². The molecule has 2 aliphatic heterocycles. The van der Waals surface area contributed by atoms with Gasteiger partial charge in [-0.05, 0) is 18.1 Å². The lowest BCUT2D eigenvalue weighted by Gasteiger charge is -2.21. The van der Waals surface area contributed by atoms with Crippen molar-refractivity contribution in [3.8, 4) is 0 Å². The molecular formula is C17H24N2OSi. The summed E-state index contributed by atoms with van der Waals surface area (Å²) in [5, 5.41) is 3.05. The van der Waals surface area contributed by atoms with Crippen molar-refractivity contribution < 1.29 is 4.74 Å². The van der Waals surface area contributed by atoms with Crippen molar-refractivity contribution in [2.24, 2.45) is 7.05 Å². The van der Waals surface area contributed by atoms with Crippen LogP contribution in [-0.4, -0.2) is 43.0 Å². The summed E-state index contributed by atoms with van der Waals surface area (Å²) in [6, 6.07) is 9.48. The molecule has 4 heteroatoms. The molecule has 0 saturated carbocycles. The first kappa shape index (κ1) is 13.6. The molecule has 0 amide bonds. The molecule has 4 rings (SSSR count). The fraction of sp³-hybridized carbons (Fsp3) is 0.529. The Kier molecular flexibility index (Phi) is 2.87. The van der Waals surface area contributed by atoms with E-state index in [-0.39, 0.29) is 0 Å². The third kappa shape index (κ3) is 2.00. The van der Waals surface area contributed by atoms with Crippen LogP contribution in [0.25, 0.3) is 10.9 Å². The normalized spacial score (nSPS) is 28.1. The van der Waals surface area contributed by atoms with Crippen LogP contribution in [0.15, 0.2) is 24.3 Å². The Morgan fingerprint density at radius 3 is 2.67 bits per heavy atom. The first-order chi connectivity index (χ1) is 9.98. The lowest BCUT2D eigenvalue weighted by molar-refractivity contribution is 0.150. The first-order valence-electron chi connectivity index (χ1n) is 7.92. The predicted octanol–water partition coefficient (Wildman–Crippen LogP) is 2.31. The highest BCUT2D eigenvalue weighted by molar-refractivity contribution is 6.88. The van der Waals surface area contributed by atoms with Crippen LogP contribution in [0.5, 0.6) is 0 Å². The summed E-state index contributed by atoms with van der Waals surface area (Å²) in [5.41, 5.74) is 2.96. The highest BCUT2D eigenvalue weighted by Crippen LogP contribution is 2.37. The predicted molar refractivity (Wildman–Crippen MR) is 89.8 cm³/mol. The summed E-state index contributed by atoms with van der Waals surface area (Å²) < 4.78 is 8.24. The van der Waals surface area contributed by atoms with E-state index in [1.807, 2.05) is 0 Å². The van der Waals surface area contributed by atoms with E-state index in [1.54, 1.807) is 10.9 Å². The van der Waals surface area contributed by atoms with Gasteiger partial charge in [0, 0.05) is 29.8 Å². The molecule has 2 saturated heterocycles. The van der Waals surface area contributed by atoms with Crippen molar-refractivity contribution in [1.29, 1.82) is 0 Å². The van der Waals surface area contributed by atoms with E-state index in [4.69, 9.17) is 4.74 Å². The van der Waals surface area contributed by atoms with Crippen LogP contribution in [0.4, 0.5) is 0 Å². The number of hydrogen-bond donors (Lipinski definition) is 0. The van der Waals surface area contributed by atoms with Crippen molar-refractivity contribution in [2.45, 2.75) is 38.3 Å². The molecule has 2 aromatic rings. The molecule has 0 bridgehead atoms. The quantitative estimate of drug-likeness (QED) is 0.639. The number of benzene rings is 1. The molecule has 0 spiro atoms. The zero-order valence-electron chi connectivity index (χ0n) is 13.4. The third-order valence-corrected chi connectivity index (χ3v) is 7.02. The smallest absolute Gasteiger partial charge is 0.127 e. The highest BCUT2D eigenvalue weighted by Gasteiger charge is 2.52. The fourth-order valence-corrected chi connectivity index (χ4v) is 6.41. The Labute approximate surface area is 127 Å². The van der Waals surface area contributed by atoms with Gasteiger partial charge in [0.05, 0.1) is 20.7 Å². The Morgan fingerprint density at radius 1 is 1.24 bits per heavy atom. The maximum Gasteiger partial charge on any atom is 0.127 e. The lowest BCUT2D eigenvalue weighted by atomic mass is 10.1. The van der Waals surface area contributed by atoms with E-state index < -0.39 is 8.07 Å². The molecule has 1 aromatic carbocycles. The number of nitrogens with zero attached hydrogens (tertiary/aromatic N) is 2. The van der Waals surface area contributed by atoms with E-state index >= 15 is 0 Å². The van der Waals surface area contributed by atoms with E-state index in [0.717, 1.165) is 19.6 Å². The van der Waals surface area contributed by atoms with Crippen LogP contribution in [0.3, 0.4) is 0 Å². The molecule has 3 nitrogen and oxygen atoms in total. The summed E-state index contributed by atoms with van der Waals surface area (Å²) in [6.07, 6.45) is 1.55. The van der Waals surface area contributed by atoms with Gasteiger partial charge < -0.3 is 9.30 Å². The van der Waals surface area contributed by atoms with E-state index in [9.17, 15) is 0 Å². The summed E-state index contributed by atoms with van der Waals surface area (Å²) in [6.45, 7) is 9.39. The molecule has 0 radical (unpaired) electrons. The second-order valence-electron chi connectivity index (χ2n) is 7.42. The summed E-state index contributed by atoms with van der Waals surface area (Å²) in [7, 11) is 0.863. The number of hydrogen-bond acceptors (Lipinski definition) is 2. The van der Waals surface area contributed by atoms with Gasteiger partial charge in [-0.3, -0.25) is 4.90 Å². The van der Waals surface area contributed by atoms with Crippen molar-refractivity contribution in [3.63, 3.8) is 0 Å². The van der Waals surface area contributed by atoms with E-state index in [1.165, 1.54) is 10.9 Å². The highest BCUT2D eigenvalue weighted by atomic mass is 28.3. The summed E-state index contributed by atoms with van der Waals surface area (Å²) in [4.78, 5) is 2.50. The van der Waals surface area contributed by atoms with E-state index in [2.05, 4.69) is 60.4 Å². The van der Waals surface area contributed by atoms with Gasteiger partial charge in [-0.15, -0.1) is 0 Å². The first-order valence-corrected chi connectivity index (χ1v) is 11.4. The van der Waals surface area contributed by atoms with Gasteiger partial charge >= 0.3 is 0 Å². The second-order valence-corrected chi connectivity index (χ2v) is 12.4. The van der Waals surface area contributed by atoms with Crippen molar-refractivity contribution >= 4 is 24.3 Å². The molecule has 2 fully saturated rings. The lowest BCUT2D eigenvalue weighted by Crippen LogP contribution is -2.44.